The van der Waals surface area contributed by atoms with Crippen molar-refractivity contribution in [3.8, 4) is 0 Å². The van der Waals surface area contributed by atoms with Crippen molar-refractivity contribution in [3.05, 3.63) is 77.6 Å². The Balaban J connectivity index is 1.87. The number of benzene rings is 2. The number of aliphatic carboxylic acids is 1. The summed E-state index contributed by atoms with van der Waals surface area (Å²) in [5, 5.41) is 13.4. The van der Waals surface area contributed by atoms with Crippen LogP contribution >= 0.6 is 0 Å². The van der Waals surface area contributed by atoms with E-state index < -0.39 is 23.8 Å². The molecule has 1 aromatic heterocycles. The Morgan fingerprint density at radius 1 is 1.14 bits per heavy atom. The van der Waals surface area contributed by atoms with Gasteiger partial charge in [0.25, 0.3) is 5.91 Å². The summed E-state index contributed by atoms with van der Waals surface area (Å²) in [6.07, 6.45) is 3.12. The number of amides is 2. The second-order valence-electron chi connectivity index (χ2n) is 6.50. The van der Waals surface area contributed by atoms with E-state index in [0.29, 0.717) is 10.9 Å². The maximum atomic E-state index is 12.8. The van der Waals surface area contributed by atoms with Crippen molar-refractivity contribution in [2.75, 3.05) is 0 Å². The van der Waals surface area contributed by atoms with E-state index in [4.69, 9.17) is 1.41 Å². The van der Waals surface area contributed by atoms with Crippen LogP contribution in [0.5, 0.6) is 0 Å². The summed E-state index contributed by atoms with van der Waals surface area (Å²) in [5.41, 5.74) is 1.94. The standard InChI is InChI=1S/C22H21N3O4/c1-14(26)24-19(11-15-7-3-2-4-8-15)21(27)25-20(22(28)29)12-16-13-23-18-10-6-5-9-17(16)18/h2-11,13,20,23H,12H2,1H3,(H,24,26)(H,25,27)(H,28,29)/t20-/m0/s1/i/hD. The van der Waals surface area contributed by atoms with Gasteiger partial charge in [-0.05, 0) is 23.3 Å². The van der Waals surface area contributed by atoms with E-state index >= 15 is 0 Å². The fourth-order valence-electron chi connectivity index (χ4n) is 2.98. The maximum Gasteiger partial charge on any atom is 0.326 e. The number of aromatic nitrogens is 1. The van der Waals surface area contributed by atoms with Crippen molar-refractivity contribution in [3.63, 3.8) is 0 Å². The van der Waals surface area contributed by atoms with Gasteiger partial charge in [0.1, 0.15) is 11.7 Å². The van der Waals surface area contributed by atoms with Crippen LogP contribution in [0.1, 0.15) is 18.1 Å². The molecule has 29 heavy (non-hydrogen) atoms. The number of hydrogen-bond acceptors (Lipinski definition) is 3. The van der Waals surface area contributed by atoms with E-state index in [1.165, 1.54) is 6.08 Å². The molecule has 0 spiro atoms. The predicted octanol–water partition coefficient (Wildman–Crippen LogP) is 2.46. The maximum absolute atomic E-state index is 12.8. The highest BCUT2D eigenvalue weighted by Gasteiger charge is 2.24. The molecule has 0 aliphatic heterocycles. The number of hydrogen-bond donors (Lipinski definition) is 4. The van der Waals surface area contributed by atoms with Crippen molar-refractivity contribution in [2.24, 2.45) is 0 Å². The average Bonchev–Trinajstić information content (AvgIpc) is 3.14. The van der Waals surface area contributed by atoms with Crippen LogP contribution < -0.4 is 10.6 Å². The van der Waals surface area contributed by atoms with Gasteiger partial charge in [0, 0.05) is 30.4 Å². The van der Waals surface area contributed by atoms with E-state index in [-0.39, 0.29) is 12.1 Å². The normalized spacial score (nSPS) is 12.9. The SMILES string of the molecule is [2H]N(C(C)=O)C(=Cc1ccccc1)C(=O)N[C@@H](Cc1c[nH]c2ccccc12)C(=O)O. The quantitative estimate of drug-likeness (QED) is 0.463. The Morgan fingerprint density at radius 2 is 1.83 bits per heavy atom. The Bertz CT molecular complexity index is 1110. The number of nitrogens with one attached hydrogen (secondary N) is 3. The van der Waals surface area contributed by atoms with Crippen molar-refractivity contribution in [1.82, 2.24) is 15.6 Å². The van der Waals surface area contributed by atoms with Crippen LogP contribution in [-0.4, -0.2) is 33.9 Å². The molecule has 0 bridgehead atoms. The summed E-state index contributed by atoms with van der Waals surface area (Å²) in [4.78, 5) is 39.4. The monoisotopic (exact) mass is 392 g/mol. The minimum atomic E-state index is -1.24. The lowest BCUT2D eigenvalue weighted by Crippen LogP contribution is -2.45. The van der Waals surface area contributed by atoms with Crippen LogP contribution in [0.2, 0.25) is 1.41 Å². The summed E-state index contributed by atoms with van der Waals surface area (Å²) in [6, 6.07) is 14.9. The molecule has 2 amide bonds. The first-order chi connectivity index (χ1) is 14.4. The van der Waals surface area contributed by atoms with Crippen molar-refractivity contribution < 1.29 is 20.9 Å². The molecule has 7 nitrogen and oxygen atoms in total. The number of rotatable bonds is 7. The molecule has 0 unspecified atom stereocenters. The largest absolute Gasteiger partial charge is 0.480 e. The summed E-state index contributed by atoms with van der Waals surface area (Å²) < 4.78 is 7.92. The van der Waals surface area contributed by atoms with Gasteiger partial charge in [-0.2, -0.15) is 0 Å². The van der Waals surface area contributed by atoms with Crippen molar-refractivity contribution >= 4 is 34.8 Å². The number of aromatic amines is 1. The van der Waals surface area contributed by atoms with E-state index in [1.807, 2.05) is 24.3 Å². The van der Waals surface area contributed by atoms with Crippen LogP contribution in [0, 0.1) is 0 Å². The van der Waals surface area contributed by atoms with Gasteiger partial charge in [0.2, 0.25) is 5.91 Å². The first-order valence-corrected chi connectivity index (χ1v) is 9.02. The lowest BCUT2D eigenvalue weighted by atomic mass is 10.0. The van der Waals surface area contributed by atoms with Crippen LogP contribution in [0.25, 0.3) is 17.0 Å². The van der Waals surface area contributed by atoms with Crippen LogP contribution in [0.3, 0.4) is 0 Å². The molecule has 0 aliphatic carbocycles. The lowest BCUT2D eigenvalue weighted by Gasteiger charge is -2.16. The third-order valence-electron chi connectivity index (χ3n) is 4.32. The number of carboxylic acid groups (broad SMARTS) is 1. The molecule has 0 aliphatic rings. The zero-order chi connectivity index (χ0) is 21.7. The molecular formula is C22H21N3O4. The Labute approximate surface area is 168 Å². The summed E-state index contributed by atoms with van der Waals surface area (Å²) in [5.74, 6) is -2.71. The van der Waals surface area contributed by atoms with Crippen molar-refractivity contribution in [1.29, 1.82) is 0 Å². The minimum absolute atomic E-state index is 0.0434. The van der Waals surface area contributed by atoms with Gasteiger partial charge in [-0.15, -0.1) is 0 Å². The summed E-state index contributed by atoms with van der Waals surface area (Å²) in [7, 11) is 0. The molecule has 3 rings (SSSR count). The second kappa shape index (κ2) is 8.88. The number of carbonyl (C=O) groups excluding carboxylic acids is 2. The van der Waals surface area contributed by atoms with Gasteiger partial charge in [0.05, 0.1) is 0 Å². The summed E-state index contributed by atoms with van der Waals surface area (Å²) >= 11 is 0. The van der Waals surface area contributed by atoms with Crippen LogP contribution in [-0.2, 0) is 20.8 Å². The van der Waals surface area contributed by atoms with E-state index in [0.717, 1.165) is 23.4 Å². The highest BCUT2D eigenvalue weighted by molar-refractivity contribution is 6.02. The van der Waals surface area contributed by atoms with Gasteiger partial charge >= 0.3 is 5.97 Å². The molecule has 0 fully saturated rings. The molecule has 7 heteroatoms. The van der Waals surface area contributed by atoms with E-state index in [9.17, 15) is 19.5 Å². The lowest BCUT2D eigenvalue weighted by molar-refractivity contribution is -0.141. The fourth-order valence-corrected chi connectivity index (χ4v) is 2.98. The topological polar surface area (TPSA) is 111 Å². The molecule has 3 aromatic rings. The Kier molecular flexibility index (Phi) is 5.66. The number of H-pyrrole nitrogens is 1. The smallest absolute Gasteiger partial charge is 0.326 e. The molecule has 148 valence electrons. The van der Waals surface area contributed by atoms with Gasteiger partial charge < -0.3 is 20.7 Å². The van der Waals surface area contributed by atoms with E-state index in [2.05, 4.69) is 10.3 Å². The average molecular weight is 392 g/mol. The molecular weight excluding hydrogens is 370 g/mol. The molecule has 0 radical (unpaired) electrons. The number of para-hydroxylation sites is 1. The second-order valence-corrected chi connectivity index (χ2v) is 6.50. The van der Waals surface area contributed by atoms with Crippen LogP contribution in [0.15, 0.2) is 66.5 Å². The molecule has 1 heterocycles. The predicted molar refractivity (Wildman–Crippen MR) is 110 cm³/mol. The fraction of sp³-hybridized carbons (Fsp3) is 0.136. The van der Waals surface area contributed by atoms with Gasteiger partial charge in [-0.25, -0.2) is 4.79 Å². The molecule has 1 atom stereocenters. The molecule has 0 saturated heterocycles. The Hall–Kier alpha value is -3.87. The highest BCUT2D eigenvalue weighted by atomic mass is 16.4. The number of fused-ring (bicyclic) bond motifs is 1. The van der Waals surface area contributed by atoms with Gasteiger partial charge in [-0.1, -0.05) is 48.5 Å². The number of carbonyl (C=O) groups is 3. The van der Waals surface area contributed by atoms with Crippen LogP contribution in [0.4, 0.5) is 0 Å². The zero-order valence-electron chi connectivity index (χ0n) is 16.8. The summed E-state index contributed by atoms with van der Waals surface area (Å²) in [6.45, 7) is 1.15. The molecule has 4 N–H and O–H groups in total. The van der Waals surface area contributed by atoms with Gasteiger partial charge in [-0.3, -0.25) is 9.59 Å². The van der Waals surface area contributed by atoms with Gasteiger partial charge in [0.15, 0.2) is 1.41 Å². The first kappa shape index (κ1) is 18.5. The molecule has 2 aromatic carbocycles. The first-order valence-electron chi connectivity index (χ1n) is 9.46. The van der Waals surface area contributed by atoms with E-state index in [1.54, 1.807) is 36.5 Å². The minimum Gasteiger partial charge on any atom is -0.480 e. The zero-order valence-corrected chi connectivity index (χ0v) is 15.8. The Morgan fingerprint density at radius 3 is 2.52 bits per heavy atom. The third kappa shape index (κ3) is 5.10. The number of carboxylic acids is 1. The molecule has 0 saturated carbocycles. The third-order valence-corrected chi connectivity index (χ3v) is 4.32. The van der Waals surface area contributed by atoms with Crippen molar-refractivity contribution in [2.45, 2.75) is 19.4 Å². The highest BCUT2D eigenvalue weighted by Crippen LogP contribution is 2.19.